The fourth-order valence-corrected chi connectivity index (χ4v) is 5.49. The van der Waals surface area contributed by atoms with Gasteiger partial charge >= 0.3 is 0 Å². The standard InChI is InChI=1S/C9H14N2O2S3/c10-5-8-9(2-4-15-8)16(12,13)11-7-1-3-14-6-7/h2,4,7,11H,1,3,5-6,10H2. The average Bonchev–Trinajstić information content (AvgIpc) is 2.85. The van der Waals surface area contributed by atoms with Crippen LogP contribution in [0.4, 0.5) is 0 Å². The third-order valence-electron chi connectivity index (χ3n) is 2.43. The first-order valence-corrected chi connectivity index (χ1v) is 8.52. The van der Waals surface area contributed by atoms with Crippen LogP contribution in [-0.4, -0.2) is 26.0 Å². The molecule has 90 valence electrons. The molecule has 2 heterocycles. The summed E-state index contributed by atoms with van der Waals surface area (Å²) < 4.78 is 26.9. The molecular weight excluding hydrogens is 264 g/mol. The van der Waals surface area contributed by atoms with Gasteiger partial charge in [0.25, 0.3) is 0 Å². The van der Waals surface area contributed by atoms with Gasteiger partial charge in [-0.15, -0.1) is 11.3 Å². The Labute approximate surface area is 104 Å². The minimum atomic E-state index is -3.38. The molecule has 1 unspecified atom stereocenters. The summed E-state index contributed by atoms with van der Waals surface area (Å²) in [6, 6.07) is 1.69. The first-order valence-electron chi connectivity index (χ1n) is 5.00. The molecule has 1 aromatic heterocycles. The zero-order valence-electron chi connectivity index (χ0n) is 8.68. The van der Waals surface area contributed by atoms with Crippen LogP contribution in [0, 0.1) is 0 Å². The molecule has 0 saturated carbocycles. The van der Waals surface area contributed by atoms with E-state index >= 15 is 0 Å². The summed E-state index contributed by atoms with van der Waals surface area (Å²) in [4.78, 5) is 1.06. The van der Waals surface area contributed by atoms with Crippen molar-refractivity contribution in [3.63, 3.8) is 0 Å². The molecule has 1 saturated heterocycles. The topological polar surface area (TPSA) is 72.2 Å². The summed E-state index contributed by atoms with van der Waals surface area (Å²) in [5.74, 6) is 1.89. The molecule has 0 amide bonds. The van der Waals surface area contributed by atoms with Crippen molar-refractivity contribution in [1.82, 2.24) is 4.72 Å². The second kappa shape index (κ2) is 5.05. The van der Waals surface area contributed by atoms with Crippen LogP contribution in [0.2, 0.25) is 0 Å². The van der Waals surface area contributed by atoms with E-state index in [1.165, 1.54) is 11.3 Å². The van der Waals surface area contributed by atoms with Gasteiger partial charge in [0.2, 0.25) is 10.0 Å². The van der Waals surface area contributed by atoms with Crippen LogP contribution in [0.3, 0.4) is 0 Å². The predicted octanol–water partition coefficient (Wildman–Crippen LogP) is 0.991. The van der Waals surface area contributed by atoms with Crippen LogP contribution in [0.1, 0.15) is 11.3 Å². The maximum Gasteiger partial charge on any atom is 0.242 e. The van der Waals surface area contributed by atoms with Gasteiger partial charge in [-0.1, -0.05) is 0 Å². The quantitative estimate of drug-likeness (QED) is 0.861. The second-order valence-electron chi connectivity index (χ2n) is 3.59. The van der Waals surface area contributed by atoms with Crippen LogP contribution in [0.15, 0.2) is 16.3 Å². The number of nitrogens with one attached hydrogen (secondary N) is 1. The molecule has 7 heteroatoms. The lowest BCUT2D eigenvalue weighted by Crippen LogP contribution is -2.34. The number of hydrogen-bond donors (Lipinski definition) is 2. The molecule has 1 aliphatic rings. The number of thioether (sulfide) groups is 1. The Morgan fingerprint density at radius 3 is 3.00 bits per heavy atom. The van der Waals surface area contributed by atoms with Gasteiger partial charge < -0.3 is 5.73 Å². The van der Waals surface area contributed by atoms with Crippen molar-refractivity contribution in [2.75, 3.05) is 11.5 Å². The number of hydrogen-bond acceptors (Lipinski definition) is 5. The zero-order valence-corrected chi connectivity index (χ0v) is 11.1. The molecule has 1 fully saturated rings. The fourth-order valence-electron chi connectivity index (χ4n) is 1.63. The number of rotatable bonds is 4. The van der Waals surface area contributed by atoms with E-state index in [0.29, 0.717) is 4.90 Å². The second-order valence-corrected chi connectivity index (χ2v) is 7.43. The fraction of sp³-hybridized carbons (Fsp3) is 0.556. The molecule has 1 aliphatic heterocycles. The molecule has 4 nitrogen and oxygen atoms in total. The highest BCUT2D eigenvalue weighted by molar-refractivity contribution is 7.99. The Kier molecular flexibility index (Phi) is 3.91. The molecule has 0 aromatic carbocycles. The van der Waals surface area contributed by atoms with E-state index in [-0.39, 0.29) is 12.6 Å². The Morgan fingerprint density at radius 1 is 1.56 bits per heavy atom. The Morgan fingerprint density at radius 2 is 2.38 bits per heavy atom. The van der Waals surface area contributed by atoms with Gasteiger partial charge in [0.15, 0.2) is 0 Å². The van der Waals surface area contributed by atoms with Gasteiger partial charge in [-0.25, -0.2) is 13.1 Å². The summed E-state index contributed by atoms with van der Waals surface area (Å²) in [7, 11) is -3.38. The lowest BCUT2D eigenvalue weighted by Gasteiger charge is -2.11. The SMILES string of the molecule is NCc1sccc1S(=O)(=O)NC1CCSC1. The minimum Gasteiger partial charge on any atom is -0.326 e. The monoisotopic (exact) mass is 278 g/mol. The molecule has 0 spiro atoms. The molecule has 16 heavy (non-hydrogen) atoms. The number of thiophene rings is 1. The molecule has 0 aliphatic carbocycles. The Hall–Kier alpha value is -0.0800. The van der Waals surface area contributed by atoms with E-state index in [0.717, 1.165) is 22.8 Å². The van der Waals surface area contributed by atoms with Gasteiger partial charge in [-0.3, -0.25) is 0 Å². The summed E-state index contributed by atoms with van der Waals surface area (Å²) in [5.41, 5.74) is 5.51. The third-order valence-corrected chi connectivity index (χ3v) is 6.27. The van der Waals surface area contributed by atoms with Crippen LogP contribution in [0.25, 0.3) is 0 Å². The minimum absolute atomic E-state index is 0.0699. The maximum absolute atomic E-state index is 12.1. The molecular formula is C9H14N2O2S3. The van der Waals surface area contributed by atoms with Crippen LogP contribution in [-0.2, 0) is 16.6 Å². The molecule has 3 N–H and O–H groups in total. The highest BCUT2D eigenvalue weighted by Gasteiger charge is 2.25. The molecule has 1 aromatic rings. The lowest BCUT2D eigenvalue weighted by molar-refractivity contribution is 0.562. The van der Waals surface area contributed by atoms with Crippen molar-refractivity contribution in [1.29, 1.82) is 0 Å². The first kappa shape index (κ1) is 12.4. The van der Waals surface area contributed by atoms with Crippen molar-refractivity contribution >= 4 is 33.1 Å². The van der Waals surface area contributed by atoms with Crippen molar-refractivity contribution in [3.8, 4) is 0 Å². The van der Waals surface area contributed by atoms with Crippen LogP contribution >= 0.6 is 23.1 Å². The summed E-state index contributed by atoms with van der Waals surface area (Å²) in [5, 5.41) is 1.76. The van der Waals surface area contributed by atoms with Crippen LogP contribution in [0.5, 0.6) is 0 Å². The highest BCUT2D eigenvalue weighted by atomic mass is 32.2. The highest BCUT2D eigenvalue weighted by Crippen LogP contribution is 2.24. The van der Waals surface area contributed by atoms with Crippen molar-refractivity contribution in [2.45, 2.75) is 23.9 Å². The maximum atomic E-state index is 12.1. The summed E-state index contributed by atoms with van der Waals surface area (Å²) in [6.45, 7) is 0.271. The van der Waals surface area contributed by atoms with E-state index in [9.17, 15) is 8.42 Å². The largest absolute Gasteiger partial charge is 0.326 e. The van der Waals surface area contributed by atoms with Crippen LogP contribution < -0.4 is 10.5 Å². The van der Waals surface area contributed by atoms with Crippen molar-refractivity contribution in [2.24, 2.45) is 5.73 Å². The average molecular weight is 278 g/mol. The normalized spacial score (nSPS) is 21.4. The molecule has 1 atom stereocenters. The van der Waals surface area contributed by atoms with Crippen molar-refractivity contribution in [3.05, 3.63) is 16.3 Å². The molecule has 0 radical (unpaired) electrons. The van der Waals surface area contributed by atoms with E-state index in [1.807, 2.05) is 0 Å². The van der Waals surface area contributed by atoms with Gasteiger partial charge in [0, 0.05) is 23.2 Å². The van der Waals surface area contributed by atoms with Gasteiger partial charge in [0.1, 0.15) is 0 Å². The predicted molar refractivity (Wildman–Crippen MR) is 68.3 cm³/mol. The van der Waals surface area contributed by atoms with Gasteiger partial charge in [-0.05, 0) is 23.6 Å². The smallest absolute Gasteiger partial charge is 0.242 e. The number of nitrogens with two attached hydrogens (primary N) is 1. The van der Waals surface area contributed by atoms with Gasteiger partial charge in [-0.2, -0.15) is 11.8 Å². The van der Waals surface area contributed by atoms with Gasteiger partial charge in [0.05, 0.1) is 4.90 Å². The lowest BCUT2D eigenvalue weighted by atomic mass is 10.3. The van der Waals surface area contributed by atoms with E-state index in [4.69, 9.17) is 5.73 Å². The number of sulfonamides is 1. The Bertz CT molecular complexity index is 449. The van der Waals surface area contributed by atoms with Crippen molar-refractivity contribution < 1.29 is 8.42 Å². The molecule has 0 bridgehead atoms. The summed E-state index contributed by atoms with van der Waals surface area (Å²) >= 11 is 3.17. The summed E-state index contributed by atoms with van der Waals surface area (Å²) in [6.07, 6.45) is 0.909. The van der Waals surface area contributed by atoms with E-state index in [1.54, 1.807) is 23.2 Å². The van der Waals surface area contributed by atoms with E-state index < -0.39 is 10.0 Å². The molecule has 2 rings (SSSR count). The zero-order chi connectivity index (χ0) is 11.6. The van der Waals surface area contributed by atoms with E-state index in [2.05, 4.69) is 4.72 Å². The Balaban J connectivity index is 2.18. The third kappa shape index (κ3) is 2.60. The first-order chi connectivity index (χ1) is 7.63.